The van der Waals surface area contributed by atoms with Crippen molar-refractivity contribution >= 4 is 27.1 Å². The Bertz CT molecular complexity index is 964. The van der Waals surface area contributed by atoms with Gasteiger partial charge in [-0.15, -0.1) is 5.10 Å². The number of anilines is 2. The van der Waals surface area contributed by atoms with Crippen molar-refractivity contribution in [3.8, 4) is 11.3 Å². The Labute approximate surface area is 149 Å². The number of aliphatic hydroxyl groups is 1. The monoisotopic (exact) mass is 351 g/mol. The fraction of sp³-hybridized carbons (Fsp3) is 0.167. The maximum Gasteiger partial charge on any atom is 0.214 e. The van der Waals surface area contributed by atoms with E-state index in [4.69, 9.17) is 4.98 Å². The zero-order chi connectivity index (χ0) is 17.2. The van der Waals surface area contributed by atoms with Gasteiger partial charge in [0, 0.05) is 30.2 Å². The summed E-state index contributed by atoms with van der Waals surface area (Å²) in [4.78, 5) is 11.7. The van der Waals surface area contributed by atoms with E-state index >= 15 is 0 Å². The Morgan fingerprint density at radius 3 is 2.68 bits per heavy atom. The number of aromatic nitrogens is 4. The fourth-order valence-corrected chi connectivity index (χ4v) is 3.76. The maximum absolute atomic E-state index is 9.52. The molecule has 1 N–H and O–H groups in total. The third kappa shape index (κ3) is 2.88. The van der Waals surface area contributed by atoms with E-state index in [0.717, 1.165) is 39.1 Å². The van der Waals surface area contributed by atoms with Gasteiger partial charge in [0.15, 0.2) is 0 Å². The van der Waals surface area contributed by atoms with Gasteiger partial charge in [-0.3, -0.25) is 4.98 Å². The molecule has 0 saturated heterocycles. The van der Waals surface area contributed by atoms with Crippen LogP contribution >= 0.6 is 11.3 Å². The standard InChI is InChI=1S/C18H17N5OS/c1-2-22(14-7-9-19-10-8-14)18-21-23-11-16(20-17(23)25-18)15-6-4-3-5-13(15)12-24/h3-11,24H,2,12H2,1H3. The number of hydrogen-bond acceptors (Lipinski definition) is 6. The van der Waals surface area contributed by atoms with Crippen LogP contribution < -0.4 is 4.90 Å². The summed E-state index contributed by atoms with van der Waals surface area (Å²) < 4.78 is 1.80. The summed E-state index contributed by atoms with van der Waals surface area (Å²) in [6, 6.07) is 11.7. The van der Waals surface area contributed by atoms with Crippen molar-refractivity contribution in [2.24, 2.45) is 0 Å². The molecule has 6 nitrogen and oxygen atoms in total. The molecule has 0 fully saturated rings. The molecule has 0 aliphatic rings. The summed E-state index contributed by atoms with van der Waals surface area (Å²) in [5.41, 5.74) is 3.67. The van der Waals surface area contributed by atoms with Crippen molar-refractivity contribution in [3.63, 3.8) is 0 Å². The van der Waals surface area contributed by atoms with Gasteiger partial charge in [-0.2, -0.15) is 0 Å². The van der Waals surface area contributed by atoms with E-state index < -0.39 is 0 Å². The van der Waals surface area contributed by atoms with Crippen LogP contribution in [0.2, 0.25) is 0 Å². The van der Waals surface area contributed by atoms with Crippen molar-refractivity contribution in [1.29, 1.82) is 0 Å². The molecule has 0 radical (unpaired) electrons. The molecule has 4 aromatic rings. The van der Waals surface area contributed by atoms with Gasteiger partial charge in [0.05, 0.1) is 18.5 Å². The lowest BCUT2D eigenvalue weighted by atomic mass is 10.1. The minimum Gasteiger partial charge on any atom is -0.392 e. The van der Waals surface area contributed by atoms with Crippen molar-refractivity contribution in [2.75, 3.05) is 11.4 Å². The molecule has 4 rings (SSSR count). The summed E-state index contributed by atoms with van der Waals surface area (Å²) >= 11 is 1.54. The average Bonchev–Trinajstić information content (AvgIpc) is 3.22. The highest BCUT2D eigenvalue weighted by atomic mass is 32.1. The number of hydrogen-bond donors (Lipinski definition) is 1. The first kappa shape index (κ1) is 15.7. The summed E-state index contributed by atoms with van der Waals surface area (Å²) in [7, 11) is 0. The molecule has 3 heterocycles. The van der Waals surface area contributed by atoms with Crippen LogP contribution in [0.4, 0.5) is 10.8 Å². The highest BCUT2D eigenvalue weighted by Crippen LogP contribution is 2.31. The Morgan fingerprint density at radius 2 is 1.96 bits per heavy atom. The van der Waals surface area contributed by atoms with Crippen LogP contribution in [0.15, 0.2) is 55.0 Å². The number of aliphatic hydroxyl groups excluding tert-OH is 1. The maximum atomic E-state index is 9.52. The molecule has 0 spiro atoms. The van der Waals surface area contributed by atoms with Crippen LogP contribution in [0, 0.1) is 0 Å². The van der Waals surface area contributed by atoms with Crippen LogP contribution in [0.3, 0.4) is 0 Å². The molecule has 3 aromatic heterocycles. The molecule has 0 atom stereocenters. The Morgan fingerprint density at radius 1 is 1.16 bits per heavy atom. The second kappa shape index (κ2) is 6.62. The van der Waals surface area contributed by atoms with E-state index in [1.54, 1.807) is 16.9 Å². The van der Waals surface area contributed by atoms with E-state index in [1.165, 1.54) is 11.3 Å². The van der Waals surface area contributed by atoms with E-state index in [0.29, 0.717) is 0 Å². The molecule has 0 unspecified atom stereocenters. The quantitative estimate of drug-likeness (QED) is 0.596. The topological polar surface area (TPSA) is 66.6 Å². The third-order valence-electron chi connectivity index (χ3n) is 4.02. The molecule has 7 heteroatoms. The van der Waals surface area contributed by atoms with Crippen molar-refractivity contribution in [2.45, 2.75) is 13.5 Å². The van der Waals surface area contributed by atoms with Crippen molar-refractivity contribution in [1.82, 2.24) is 19.6 Å². The Balaban J connectivity index is 1.72. The van der Waals surface area contributed by atoms with Gasteiger partial charge in [-0.05, 0) is 24.6 Å². The summed E-state index contributed by atoms with van der Waals surface area (Å²) in [5.74, 6) is 0. The predicted octanol–water partition coefficient (Wildman–Crippen LogP) is 3.50. The van der Waals surface area contributed by atoms with Gasteiger partial charge >= 0.3 is 0 Å². The summed E-state index contributed by atoms with van der Waals surface area (Å²) in [6.45, 7) is 2.89. The van der Waals surface area contributed by atoms with Crippen LogP contribution in [0.5, 0.6) is 0 Å². The number of pyridine rings is 1. The minimum absolute atomic E-state index is 0.00825. The van der Waals surface area contributed by atoms with Crippen LogP contribution in [-0.4, -0.2) is 31.2 Å². The molecule has 126 valence electrons. The fourth-order valence-electron chi connectivity index (χ4n) is 2.79. The van der Waals surface area contributed by atoms with E-state index in [1.807, 2.05) is 42.6 Å². The smallest absolute Gasteiger partial charge is 0.214 e. The highest BCUT2D eigenvalue weighted by molar-refractivity contribution is 7.20. The van der Waals surface area contributed by atoms with E-state index in [9.17, 15) is 5.11 Å². The number of fused-ring (bicyclic) bond motifs is 1. The second-order valence-corrected chi connectivity index (χ2v) is 6.44. The minimum atomic E-state index is -0.00825. The largest absolute Gasteiger partial charge is 0.392 e. The summed E-state index contributed by atoms with van der Waals surface area (Å²) in [6.07, 6.45) is 5.46. The van der Waals surface area contributed by atoms with E-state index in [2.05, 4.69) is 21.9 Å². The molecule has 0 aliphatic carbocycles. The lowest BCUT2D eigenvalue weighted by Gasteiger charge is -2.18. The molecular formula is C18H17N5OS. The van der Waals surface area contributed by atoms with Gasteiger partial charge in [-0.25, -0.2) is 9.50 Å². The Hall–Kier alpha value is -2.77. The van der Waals surface area contributed by atoms with Crippen molar-refractivity contribution in [3.05, 3.63) is 60.6 Å². The third-order valence-corrected chi connectivity index (χ3v) is 4.96. The number of rotatable bonds is 5. The first-order chi connectivity index (χ1) is 12.3. The van der Waals surface area contributed by atoms with Crippen LogP contribution in [-0.2, 0) is 6.61 Å². The average molecular weight is 351 g/mol. The van der Waals surface area contributed by atoms with Gasteiger partial charge < -0.3 is 10.0 Å². The molecule has 0 aliphatic heterocycles. The first-order valence-electron chi connectivity index (χ1n) is 8.03. The van der Waals surface area contributed by atoms with Gasteiger partial charge in [-0.1, -0.05) is 35.6 Å². The van der Waals surface area contributed by atoms with Crippen LogP contribution in [0.25, 0.3) is 16.2 Å². The molecule has 0 bridgehead atoms. The lowest BCUT2D eigenvalue weighted by molar-refractivity contribution is 0.282. The molecule has 0 saturated carbocycles. The van der Waals surface area contributed by atoms with Crippen LogP contribution in [0.1, 0.15) is 12.5 Å². The predicted molar refractivity (Wildman–Crippen MR) is 99.1 cm³/mol. The zero-order valence-corrected chi connectivity index (χ0v) is 14.5. The number of imidazole rings is 1. The summed E-state index contributed by atoms with van der Waals surface area (Å²) in [5, 5.41) is 15.1. The molecular weight excluding hydrogens is 334 g/mol. The molecule has 1 aromatic carbocycles. The normalized spacial score (nSPS) is 11.1. The second-order valence-electron chi connectivity index (χ2n) is 5.50. The van der Waals surface area contributed by atoms with E-state index in [-0.39, 0.29) is 6.61 Å². The van der Waals surface area contributed by atoms with Gasteiger partial charge in [0.1, 0.15) is 0 Å². The van der Waals surface area contributed by atoms with Gasteiger partial charge in [0.25, 0.3) is 0 Å². The van der Waals surface area contributed by atoms with Crippen molar-refractivity contribution < 1.29 is 5.11 Å². The number of nitrogens with zero attached hydrogens (tertiary/aromatic N) is 5. The molecule has 25 heavy (non-hydrogen) atoms. The zero-order valence-electron chi connectivity index (χ0n) is 13.7. The van der Waals surface area contributed by atoms with Gasteiger partial charge in [0.2, 0.25) is 10.1 Å². The Kier molecular flexibility index (Phi) is 4.17. The lowest BCUT2D eigenvalue weighted by Crippen LogP contribution is -2.15. The SMILES string of the molecule is CCN(c1ccncc1)c1nn2cc(-c3ccccc3CO)nc2s1. The number of benzene rings is 1. The first-order valence-corrected chi connectivity index (χ1v) is 8.84. The molecule has 0 amide bonds. The highest BCUT2D eigenvalue weighted by Gasteiger charge is 2.16.